The second-order valence-corrected chi connectivity index (χ2v) is 6.74. The Balaban J connectivity index is 1.35. The molecule has 0 spiro atoms. The van der Waals surface area contributed by atoms with Crippen molar-refractivity contribution in [2.24, 2.45) is 0 Å². The van der Waals surface area contributed by atoms with Gasteiger partial charge < -0.3 is 15.0 Å². The molecule has 0 unspecified atom stereocenters. The quantitative estimate of drug-likeness (QED) is 0.895. The Morgan fingerprint density at radius 1 is 1.09 bits per heavy atom. The molecule has 0 aromatic heterocycles. The molecule has 1 aromatic carbocycles. The second kappa shape index (κ2) is 6.34. The molecular weight excluding hydrogens is 300 g/mol. The van der Waals surface area contributed by atoms with Crippen LogP contribution in [0.15, 0.2) is 18.2 Å². The van der Waals surface area contributed by atoms with E-state index in [0.29, 0.717) is 18.2 Å². The van der Waals surface area contributed by atoms with Crippen LogP contribution in [-0.4, -0.2) is 62.4 Å². The molecule has 0 amide bonds. The zero-order valence-corrected chi connectivity index (χ0v) is 13.2. The fraction of sp³-hybridized carbons (Fsp3) is 0.647. The molecule has 23 heavy (non-hydrogen) atoms. The number of rotatable bonds is 2. The molecule has 4 rings (SSSR count). The number of piperidine rings is 1. The first kappa shape index (κ1) is 15.3. The van der Waals surface area contributed by atoms with Crippen LogP contribution in [0.3, 0.4) is 0 Å². The zero-order valence-electron chi connectivity index (χ0n) is 13.2. The van der Waals surface area contributed by atoms with E-state index in [1.54, 1.807) is 6.07 Å². The predicted molar refractivity (Wildman–Crippen MR) is 84.7 cm³/mol. The van der Waals surface area contributed by atoms with Crippen LogP contribution in [0.5, 0.6) is 0 Å². The van der Waals surface area contributed by atoms with Gasteiger partial charge in [-0.15, -0.1) is 0 Å². The van der Waals surface area contributed by atoms with Gasteiger partial charge in [-0.2, -0.15) is 0 Å². The van der Waals surface area contributed by atoms with E-state index in [4.69, 9.17) is 4.74 Å². The standard InChI is InChI=1S/C17H23F2N3O/c18-14-2-1-13(9-15(14)19)21-6-3-12(4-7-21)22-10-16-17(11-22)23-8-5-20-16/h1-2,9,12,16-17,20H,3-8,10-11H2/t16-,17-/m0/s1. The van der Waals surface area contributed by atoms with Gasteiger partial charge in [-0.3, -0.25) is 4.90 Å². The molecule has 2 atom stereocenters. The highest BCUT2D eigenvalue weighted by atomic mass is 19.2. The Kier molecular flexibility index (Phi) is 4.22. The van der Waals surface area contributed by atoms with Crippen molar-refractivity contribution in [3.63, 3.8) is 0 Å². The van der Waals surface area contributed by atoms with Crippen molar-refractivity contribution < 1.29 is 13.5 Å². The van der Waals surface area contributed by atoms with Gasteiger partial charge in [0, 0.05) is 56.6 Å². The number of fused-ring (bicyclic) bond motifs is 1. The maximum atomic E-state index is 13.4. The minimum absolute atomic E-state index is 0.327. The first-order valence-corrected chi connectivity index (χ1v) is 8.50. The molecule has 4 nitrogen and oxygen atoms in total. The third kappa shape index (κ3) is 3.07. The summed E-state index contributed by atoms with van der Waals surface area (Å²) in [7, 11) is 0. The van der Waals surface area contributed by atoms with Gasteiger partial charge in [0.15, 0.2) is 11.6 Å². The average molecular weight is 323 g/mol. The number of likely N-dealkylation sites (tertiary alicyclic amines) is 1. The number of morpholine rings is 1. The van der Waals surface area contributed by atoms with Gasteiger partial charge in [0.05, 0.1) is 12.7 Å². The Bertz CT molecular complexity index is 549. The Hall–Kier alpha value is -1.24. The van der Waals surface area contributed by atoms with Crippen molar-refractivity contribution in [3.05, 3.63) is 29.8 Å². The van der Waals surface area contributed by atoms with Gasteiger partial charge in [-0.05, 0) is 25.0 Å². The van der Waals surface area contributed by atoms with Crippen LogP contribution >= 0.6 is 0 Å². The smallest absolute Gasteiger partial charge is 0.160 e. The first-order valence-electron chi connectivity index (χ1n) is 8.50. The molecular formula is C17H23F2N3O. The lowest BCUT2D eigenvalue weighted by molar-refractivity contribution is 0.0160. The highest BCUT2D eigenvalue weighted by Crippen LogP contribution is 2.27. The third-order valence-corrected chi connectivity index (χ3v) is 5.38. The number of halogens is 2. The van der Waals surface area contributed by atoms with Gasteiger partial charge in [-0.25, -0.2) is 8.78 Å². The molecule has 6 heteroatoms. The van der Waals surface area contributed by atoms with Crippen LogP contribution in [-0.2, 0) is 4.74 Å². The largest absolute Gasteiger partial charge is 0.374 e. The number of nitrogens with one attached hydrogen (secondary N) is 1. The van der Waals surface area contributed by atoms with E-state index in [0.717, 1.165) is 57.9 Å². The number of hydrogen-bond donors (Lipinski definition) is 1. The summed E-state index contributed by atoms with van der Waals surface area (Å²) in [5, 5.41) is 3.54. The molecule has 126 valence electrons. The summed E-state index contributed by atoms with van der Waals surface area (Å²) in [4.78, 5) is 4.69. The molecule has 0 bridgehead atoms. The number of benzene rings is 1. The fourth-order valence-corrected chi connectivity index (χ4v) is 4.09. The topological polar surface area (TPSA) is 27.7 Å². The van der Waals surface area contributed by atoms with Crippen molar-refractivity contribution in [1.82, 2.24) is 10.2 Å². The lowest BCUT2D eigenvalue weighted by Gasteiger charge is -2.37. The molecule has 1 aromatic rings. The lowest BCUT2D eigenvalue weighted by atomic mass is 10.0. The molecule has 3 aliphatic rings. The number of hydrogen-bond acceptors (Lipinski definition) is 4. The lowest BCUT2D eigenvalue weighted by Crippen LogP contribution is -2.47. The van der Waals surface area contributed by atoms with Gasteiger partial charge in [0.2, 0.25) is 0 Å². The molecule has 0 aliphatic carbocycles. The van der Waals surface area contributed by atoms with Crippen LogP contribution in [0.25, 0.3) is 0 Å². The van der Waals surface area contributed by atoms with Crippen LogP contribution in [0.1, 0.15) is 12.8 Å². The fourth-order valence-electron chi connectivity index (χ4n) is 4.09. The Morgan fingerprint density at radius 3 is 2.65 bits per heavy atom. The Morgan fingerprint density at radius 2 is 1.91 bits per heavy atom. The summed E-state index contributed by atoms with van der Waals surface area (Å²) >= 11 is 0. The van der Waals surface area contributed by atoms with Gasteiger partial charge >= 0.3 is 0 Å². The second-order valence-electron chi connectivity index (χ2n) is 6.74. The summed E-state index contributed by atoms with van der Waals surface area (Å²) in [5.41, 5.74) is 0.780. The van der Waals surface area contributed by atoms with E-state index in [-0.39, 0.29) is 0 Å². The van der Waals surface area contributed by atoms with Crippen LogP contribution < -0.4 is 10.2 Å². The SMILES string of the molecule is Fc1ccc(N2CCC(N3C[C@@H]4NCCO[C@H]4C3)CC2)cc1F. The zero-order chi connectivity index (χ0) is 15.8. The van der Waals surface area contributed by atoms with E-state index >= 15 is 0 Å². The van der Waals surface area contributed by atoms with Crippen molar-refractivity contribution in [2.75, 3.05) is 44.2 Å². The van der Waals surface area contributed by atoms with E-state index in [1.165, 1.54) is 12.1 Å². The maximum absolute atomic E-state index is 13.4. The molecule has 3 saturated heterocycles. The molecule has 3 fully saturated rings. The summed E-state index contributed by atoms with van der Waals surface area (Å²) in [5.74, 6) is -1.55. The average Bonchev–Trinajstić information content (AvgIpc) is 3.02. The summed E-state index contributed by atoms with van der Waals surface area (Å²) in [6, 6.07) is 5.21. The van der Waals surface area contributed by atoms with Gasteiger partial charge in [-0.1, -0.05) is 0 Å². The number of anilines is 1. The van der Waals surface area contributed by atoms with Crippen molar-refractivity contribution in [2.45, 2.75) is 31.0 Å². The molecule has 3 aliphatic heterocycles. The maximum Gasteiger partial charge on any atom is 0.160 e. The highest BCUT2D eigenvalue weighted by Gasteiger charge is 2.38. The van der Waals surface area contributed by atoms with E-state index in [2.05, 4.69) is 15.1 Å². The number of nitrogens with zero attached hydrogens (tertiary/aromatic N) is 2. The van der Waals surface area contributed by atoms with Crippen LogP contribution in [0.4, 0.5) is 14.5 Å². The summed E-state index contributed by atoms with van der Waals surface area (Å²) in [6.07, 6.45) is 2.43. The Labute approximate surface area is 135 Å². The third-order valence-electron chi connectivity index (χ3n) is 5.38. The monoisotopic (exact) mass is 323 g/mol. The van der Waals surface area contributed by atoms with Crippen molar-refractivity contribution >= 4 is 5.69 Å². The van der Waals surface area contributed by atoms with E-state index in [9.17, 15) is 8.78 Å². The van der Waals surface area contributed by atoms with Crippen molar-refractivity contribution in [1.29, 1.82) is 0 Å². The number of ether oxygens (including phenoxy) is 1. The molecule has 0 saturated carbocycles. The van der Waals surface area contributed by atoms with E-state index < -0.39 is 11.6 Å². The molecule has 3 heterocycles. The summed E-state index contributed by atoms with van der Waals surface area (Å²) in [6.45, 7) is 5.59. The van der Waals surface area contributed by atoms with E-state index in [1.807, 2.05) is 0 Å². The van der Waals surface area contributed by atoms with Gasteiger partial charge in [0.25, 0.3) is 0 Å². The highest BCUT2D eigenvalue weighted by molar-refractivity contribution is 5.47. The normalized spacial score (nSPS) is 29.7. The predicted octanol–water partition coefficient (Wildman–Crippen LogP) is 1.61. The molecule has 1 N–H and O–H groups in total. The minimum Gasteiger partial charge on any atom is -0.374 e. The minimum atomic E-state index is -0.782. The summed E-state index contributed by atoms with van der Waals surface area (Å²) < 4.78 is 32.3. The van der Waals surface area contributed by atoms with Crippen LogP contribution in [0.2, 0.25) is 0 Å². The van der Waals surface area contributed by atoms with Crippen LogP contribution in [0, 0.1) is 11.6 Å². The first-order chi connectivity index (χ1) is 11.2. The molecule has 0 radical (unpaired) electrons. The van der Waals surface area contributed by atoms with Crippen molar-refractivity contribution in [3.8, 4) is 0 Å². The van der Waals surface area contributed by atoms with Gasteiger partial charge in [0.1, 0.15) is 0 Å².